The summed E-state index contributed by atoms with van der Waals surface area (Å²) in [6.07, 6.45) is -0.271. The van der Waals surface area contributed by atoms with Crippen LogP contribution in [0.3, 0.4) is 0 Å². The lowest BCUT2D eigenvalue weighted by Gasteiger charge is -2.10. The van der Waals surface area contributed by atoms with Crippen molar-refractivity contribution in [3.63, 3.8) is 0 Å². The third-order valence-corrected chi connectivity index (χ3v) is 3.00. The average Bonchev–Trinajstić information content (AvgIpc) is 2.61. The van der Waals surface area contributed by atoms with E-state index in [4.69, 9.17) is 21.1 Å². The van der Waals surface area contributed by atoms with Gasteiger partial charge in [0, 0.05) is 14.2 Å². The zero-order valence-corrected chi connectivity index (χ0v) is 9.52. The number of hydrogen-bond acceptors (Lipinski definition) is 4. The van der Waals surface area contributed by atoms with Crippen LogP contribution in [0.1, 0.15) is 16.1 Å². The number of ether oxygens (including phenoxy) is 2. The molecular weight excluding hydrogens is 224 g/mol. The van der Waals surface area contributed by atoms with E-state index in [9.17, 15) is 4.79 Å². The van der Waals surface area contributed by atoms with Crippen molar-refractivity contribution < 1.29 is 14.3 Å². The maximum absolute atomic E-state index is 11.6. The van der Waals surface area contributed by atoms with Crippen LogP contribution in [0, 0.1) is 0 Å². The Morgan fingerprint density at radius 1 is 1.50 bits per heavy atom. The second-order valence-electron chi connectivity index (χ2n) is 2.63. The molecule has 1 aromatic rings. The second kappa shape index (κ2) is 5.46. The summed E-state index contributed by atoms with van der Waals surface area (Å²) in [5, 5.41) is 0. The van der Waals surface area contributed by atoms with Crippen molar-refractivity contribution in [2.45, 2.75) is 12.7 Å². The molecule has 0 aromatic carbocycles. The van der Waals surface area contributed by atoms with Gasteiger partial charge in [-0.3, -0.25) is 4.79 Å². The molecular formula is C9H11ClO3S. The van der Waals surface area contributed by atoms with Crippen LogP contribution in [-0.4, -0.2) is 26.3 Å². The average molecular weight is 235 g/mol. The number of ketones is 1. The Labute approximate surface area is 91.6 Å². The zero-order chi connectivity index (χ0) is 10.6. The minimum Gasteiger partial charge on any atom is -0.355 e. The normalized spacial score (nSPS) is 10.9. The number of carbonyl (C=O) groups is 1. The van der Waals surface area contributed by atoms with E-state index in [-0.39, 0.29) is 12.2 Å². The number of thiophene rings is 1. The standard InChI is InChI=1S/C9H11ClO3S/c1-12-9(13-2)5-6(11)7-3-4-8(10)14-7/h3-4,9H,5H2,1-2H3. The van der Waals surface area contributed by atoms with E-state index in [0.29, 0.717) is 9.21 Å². The highest BCUT2D eigenvalue weighted by Crippen LogP contribution is 2.23. The molecule has 0 N–H and O–H groups in total. The van der Waals surface area contributed by atoms with Gasteiger partial charge in [-0.15, -0.1) is 11.3 Å². The molecule has 1 heterocycles. The van der Waals surface area contributed by atoms with Gasteiger partial charge in [0.2, 0.25) is 0 Å². The summed E-state index contributed by atoms with van der Waals surface area (Å²) in [5.74, 6) is -0.0180. The molecule has 1 aromatic heterocycles. The second-order valence-corrected chi connectivity index (χ2v) is 4.35. The summed E-state index contributed by atoms with van der Waals surface area (Å²) in [6.45, 7) is 0. The maximum atomic E-state index is 11.6. The monoisotopic (exact) mass is 234 g/mol. The zero-order valence-electron chi connectivity index (χ0n) is 7.95. The molecule has 0 atom stereocenters. The van der Waals surface area contributed by atoms with Gasteiger partial charge in [-0.25, -0.2) is 0 Å². The summed E-state index contributed by atoms with van der Waals surface area (Å²) < 4.78 is 10.5. The van der Waals surface area contributed by atoms with Gasteiger partial charge in [-0.1, -0.05) is 11.6 Å². The van der Waals surface area contributed by atoms with Gasteiger partial charge in [-0.05, 0) is 12.1 Å². The highest BCUT2D eigenvalue weighted by molar-refractivity contribution is 7.18. The summed E-state index contributed by atoms with van der Waals surface area (Å²) in [7, 11) is 3.01. The van der Waals surface area contributed by atoms with E-state index in [1.807, 2.05) is 0 Å². The summed E-state index contributed by atoms with van der Waals surface area (Å²) in [4.78, 5) is 12.2. The summed E-state index contributed by atoms with van der Waals surface area (Å²) >= 11 is 6.98. The van der Waals surface area contributed by atoms with Gasteiger partial charge in [0.1, 0.15) is 0 Å². The maximum Gasteiger partial charge on any atom is 0.177 e. The van der Waals surface area contributed by atoms with Crippen molar-refractivity contribution in [2.75, 3.05) is 14.2 Å². The minimum atomic E-state index is -0.483. The molecule has 0 spiro atoms. The first-order chi connectivity index (χ1) is 6.67. The van der Waals surface area contributed by atoms with E-state index in [1.54, 1.807) is 12.1 Å². The van der Waals surface area contributed by atoms with Crippen LogP contribution in [0.5, 0.6) is 0 Å². The number of hydrogen-bond donors (Lipinski definition) is 0. The smallest absolute Gasteiger partial charge is 0.177 e. The van der Waals surface area contributed by atoms with Gasteiger partial charge < -0.3 is 9.47 Å². The fourth-order valence-electron chi connectivity index (χ4n) is 0.979. The van der Waals surface area contributed by atoms with Crippen LogP contribution in [0.4, 0.5) is 0 Å². The third kappa shape index (κ3) is 3.06. The number of carbonyl (C=O) groups excluding carboxylic acids is 1. The molecule has 78 valence electrons. The molecule has 3 nitrogen and oxygen atoms in total. The van der Waals surface area contributed by atoms with Crippen molar-refractivity contribution in [1.82, 2.24) is 0 Å². The molecule has 14 heavy (non-hydrogen) atoms. The lowest BCUT2D eigenvalue weighted by atomic mass is 10.2. The summed E-state index contributed by atoms with van der Waals surface area (Å²) in [5.41, 5.74) is 0. The molecule has 0 bridgehead atoms. The lowest BCUT2D eigenvalue weighted by Crippen LogP contribution is -2.17. The van der Waals surface area contributed by atoms with E-state index in [1.165, 1.54) is 25.6 Å². The molecule has 0 unspecified atom stereocenters. The quantitative estimate of drug-likeness (QED) is 0.580. The van der Waals surface area contributed by atoms with Crippen molar-refractivity contribution >= 4 is 28.7 Å². The molecule has 0 aliphatic carbocycles. The van der Waals surface area contributed by atoms with Crippen LogP contribution in [0.25, 0.3) is 0 Å². The van der Waals surface area contributed by atoms with Crippen molar-refractivity contribution in [2.24, 2.45) is 0 Å². The fourth-order valence-corrected chi connectivity index (χ4v) is 1.97. The Morgan fingerprint density at radius 3 is 2.57 bits per heavy atom. The topological polar surface area (TPSA) is 35.5 Å². The summed E-state index contributed by atoms with van der Waals surface area (Å²) in [6, 6.07) is 3.41. The highest BCUT2D eigenvalue weighted by Gasteiger charge is 2.15. The Kier molecular flexibility index (Phi) is 4.54. The molecule has 0 fully saturated rings. The van der Waals surface area contributed by atoms with Crippen molar-refractivity contribution in [3.8, 4) is 0 Å². The fraction of sp³-hybridized carbons (Fsp3) is 0.444. The van der Waals surface area contributed by atoms with Crippen molar-refractivity contribution in [3.05, 3.63) is 21.3 Å². The Bertz CT molecular complexity index is 307. The molecule has 5 heteroatoms. The van der Waals surface area contributed by atoms with Crippen LogP contribution < -0.4 is 0 Å². The molecule has 0 amide bonds. The highest BCUT2D eigenvalue weighted by atomic mass is 35.5. The number of halogens is 1. The Morgan fingerprint density at radius 2 is 2.14 bits per heavy atom. The molecule has 0 radical (unpaired) electrons. The Balaban J connectivity index is 2.58. The van der Waals surface area contributed by atoms with Gasteiger partial charge in [0.25, 0.3) is 0 Å². The first-order valence-electron chi connectivity index (χ1n) is 4.01. The van der Waals surface area contributed by atoms with Gasteiger partial charge in [0.05, 0.1) is 15.6 Å². The number of methoxy groups -OCH3 is 2. The Hall–Kier alpha value is -0.420. The third-order valence-electron chi connectivity index (χ3n) is 1.73. The predicted octanol–water partition coefficient (Wildman–Crippen LogP) is 2.59. The van der Waals surface area contributed by atoms with E-state index < -0.39 is 6.29 Å². The van der Waals surface area contributed by atoms with Gasteiger partial charge in [0.15, 0.2) is 12.1 Å². The largest absolute Gasteiger partial charge is 0.355 e. The van der Waals surface area contributed by atoms with Crippen LogP contribution in [-0.2, 0) is 9.47 Å². The van der Waals surface area contributed by atoms with Gasteiger partial charge >= 0.3 is 0 Å². The molecule has 0 aliphatic heterocycles. The number of rotatable bonds is 5. The van der Waals surface area contributed by atoms with Crippen LogP contribution >= 0.6 is 22.9 Å². The molecule has 0 aliphatic rings. The predicted molar refractivity (Wildman–Crippen MR) is 56.1 cm³/mol. The van der Waals surface area contributed by atoms with Crippen molar-refractivity contribution in [1.29, 1.82) is 0 Å². The van der Waals surface area contributed by atoms with E-state index in [2.05, 4.69) is 0 Å². The first-order valence-corrected chi connectivity index (χ1v) is 5.21. The van der Waals surface area contributed by atoms with E-state index in [0.717, 1.165) is 0 Å². The molecule has 1 rings (SSSR count). The SMILES string of the molecule is COC(CC(=O)c1ccc(Cl)s1)OC. The number of Topliss-reactive ketones (excluding diaryl/α,β-unsaturated/α-hetero) is 1. The minimum absolute atomic E-state index is 0.0180. The molecule has 0 saturated carbocycles. The van der Waals surface area contributed by atoms with Crippen LogP contribution in [0.15, 0.2) is 12.1 Å². The molecule has 0 saturated heterocycles. The van der Waals surface area contributed by atoms with Crippen LogP contribution in [0.2, 0.25) is 4.34 Å². The van der Waals surface area contributed by atoms with Gasteiger partial charge in [-0.2, -0.15) is 0 Å². The lowest BCUT2D eigenvalue weighted by molar-refractivity contribution is -0.0992. The first kappa shape index (κ1) is 11.7. The van der Waals surface area contributed by atoms with E-state index >= 15 is 0 Å².